The highest BCUT2D eigenvalue weighted by atomic mass is 16.5. The molecule has 0 saturated carbocycles. The van der Waals surface area contributed by atoms with Crippen molar-refractivity contribution in [3.8, 4) is 0 Å². The highest BCUT2D eigenvalue weighted by Gasteiger charge is 2.09. The van der Waals surface area contributed by atoms with Crippen LogP contribution in [0, 0.1) is 0 Å². The van der Waals surface area contributed by atoms with Crippen LogP contribution in [0.4, 0.5) is 0 Å². The smallest absolute Gasteiger partial charge is 0.310 e. The molecule has 0 heterocycles. The average Bonchev–Trinajstić information content (AvgIpc) is 2.44. The maximum Gasteiger partial charge on any atom is 0.310 e. The van der Waals surface area contributed by atoms with E-state index in [-0.39, 0.29) is 12.1 Å². The van der Waals surface area contributed by atoms with Gasteiger partial charge in [0.2, 0.25) is 0 Å². The lowest BCUT2D eigenvalue weighted by Crippen LogP contribution is -2.16. The second-order valence-electron chi connectivity index (χ2n) is 4.98. The molecule has 2 heteroatoms. The third-order valence-electron chi connectivity index (χ3n) is 3.10. The molecule has 0 bridgehead atoms. The van der Waals surface area contributed by atoms with E-state index in [4.69, 9.17) is 4.74 Å². The molecule has 2 nitrogen and oxygen atoms in total. The normalized spacial score (nSPS) is 13.4. The molecule has 0 amide bonds. The van der Waals surface area contributed by atoms with Crippen molar-refractivity contribution in [1.29, 1.82) is 0 Å². The second kappa shape index (κ2) is 9.13. The number of hydrogen-bond donors (Lipinski definition) is 0. The van der Waals surface area contributed by atoms with E-state index in [9.17, 15) is 4.79 Å². The Balaban J connectivity index is 2.26. The molecule has 0 saturated heterocycles. The van der Waals surface area contributed by atoms with Crippen LogP contribution in [0.2, 0.25) is 0 Å². The maximum absolute atomic E-state index is 11.8. The first-order valence-corrected chi connectivity index (χ1v) is 7.14. The van der Waals surface area contributed by atoms with Crippen LogP contribution in [-0.4, -0.2) is 12.1 Å². The lowest BCUT2D eigenvalue weighted by molar-refractivity contribution is -0.147. The fourth-order valence-corrected chi connectivity index (χ4v) is 1.78. The molecular formula is C18H24O2. The van der Waals surface area contributed by atoms with Crippen molar-refractivity contribution in [2.45, 2.75) is 46.1 Å². The van der Waals surface area contributed by atoms with Crippen LogP contribution >= 0.6 is 0 Å². The molecular weight excluding hydrogens is 248 g/mol. The van der Waals surface area contributed by atoms with Gasteiger partial charge in [0.1, 0.15) is 0 Å². The Bertz CT molecular complexity index is 458. The first kappa shape index (κ1) is 16.2. The molecule has 0 aliphatic heterocycles. The lowest BCUT2D eigenvalue weighted by Gasteiger charge is -2.12. The van der Waals surface area contributed by atoms with Gasteiger partial charge in [-0.15, -0.1) is 0 Å². The number of rotatable bonds is 7. The van der Waals surface area contributed by atoms with Crippen LogP contribution in [-0.2, 0) is 16.0 Å². The Labute approximate surface area is 122 Å². The standard InChI is InChI=1S/C18H24O2/c1-4-15(2)10-8-9-11-16(3)20-18(19)14-17-12-6-5-7-13-17/h4-8,10,12-13,16H,9,11,14H2,1-3H3/b10-8+,15-4+. The van der Waals surface area contributed by atoms with Gasteiger partial charge in [-0.3, -0.25) is 4.79 Å². The van der Waals surface area contributed by atoms with E-state index in [1.165, 1.54) is 5.57 Å². The van der Waals surface area contributed by atoms with E-state index < -0.39 is 0 Å². The van der Waals surface area contributed by atoms with Gasteiger partial charge in [-0.1, -0.05) is 54.1 Å². The molecule has 0 aromatic heterocycles. The summed E-state index contributed by atoms with van der Waals surface area (Å²) in [5.74, 6) is -0.155. The summed E-state index contributed by atoms with van der Waals surface area (Å²) >= 11 is 0. The topological polar surface area (TPSA) is 26.3 Å². The SMILES string of the molecule is C/C=C(C)/C=C/CCC(C)OC(=O)Cc1ccccc1. The summed E-state index contributed by atoms with van der Waals surface area (Å²) in [7, 11) is 0. The van der Waals surface area contributed by atoms with Crippen molar-refractivity contribution >= 4 is 5.97 Å². The summed E-state index contributed by atoms with van der Waals surface area (Å²) in [6.07, 6.45) is 8.37. The molecule has 1 aromatic carbocycles. The summed E-state index contributed by atoms with van der Waals surface area (Å²) in [4.78, 5) is 11.8. The van der Waals surface area contributed by atoms with Crippen LogP contribution < -0.4 is 0 Å². The fourth-order valence-electron chi connectivity index (χ4n) is 1.78. The molecule has 108 valence electrons. The summed E-state index contributed by atoms with van der Waals surface area (Å²) in [5, 5.41) is 0. The van der Waals surface area contributed by atoms with Crippen molar-refractivity contribution in [2.24, 2.45) is 0 Å². The Morgan fingerprint density at radius 3 is 2.65 bits per heavy atom. The molecule has 0 spiro atoms. The maximum atomic E-state index is 11.8. The average molecular weight is 272 g/mol. The lowest BCUT2D eigenvalue weighted by atomic mass is 10.1. The van der Waals surface area contributed by atoms with Gasteiger partial charge in [0.25, 0.3) is 0 Å². The Hall–Kier alpha value is -1.83. The summed E-state index contributed by atoms with van der Waals surface area (Å²) in [6.45, 7) is 6.03. The zero-order chi connectivity index (χ0) is 14.8. The van der Waals surface area contributed by atoms with Gasteiger partial charge in [0, 0.05) is 0 Å². The zero-order valence-corrected chi connectivity index (χ0v) is 12.6. The third kappa shape index (κ3) is 6.93. The van der Waals surface area contributed by atoms with Crippen molar-refractivity contribution < 1.29 is 9.53 Å². The largest absolute Gasteiger partial charge is 0.462 e. The number of hydrogen-bond acceptors (Lipinski definition) is 2. The third-order valence-corrected chi connectivity index (χ3v) is 3.10. The Morgan fingerprint density at radius 2 is 2.00 bits per heavy atom. The number of benzene rings is 1. The van der Waals surface area contributed by atoms with Crippen LogP contribution in [0.3, 0.4) is 0 Å². The number of carbonyl (C=O) groups excluding carboxylic acids is 1. The number of carbonyl (C=O) groups is 1. The molecule has 20 heavy (non-hydrogen) atoms. The molecule has 0 fully saturated rings. The van der Waals surface area contributed by atoms with E-state index in [2.05, 4.69) is 25.2 Å². The molecule has 0 aliphatic rings. The quantitative estimate of drug-likeness (QED) is 0.541. The molecule has 1 aromatic rings. The van der Waals surface area contributed by atoms with Gasteiger partial charge in [0.05, 0.1) is 12.5 Å². The first-order chi connectivity index (χ1) is 9.61. The molecule has 0 N–H and O–H groups in total. The summed E-state index contributed by atoms with van der Waals surface area (Å²) in [6, 6.07) is 9.68. The van der Waals surface area contributed by atoms with Gasteiger partial charge < -0.3 is 4.74 Å². The van der Waals surface area contributed by atoms with E-state index >= 15 is 0 Å². The van der Waals surface area contributed by atoms with Gasteiger partial charge in [-0.05, 0) is 39.2 Å². The predicted octanol–water partition coefficient (Wildman–Crippen LogP) is 4.46. The van der Waals surface area contributed by atoms with Crippen LogP contribution in [0.25, 0.3) is 0 Å². The second-order valence-corrected chi connectivity index (χ2v) is 4.98. The Kier molecular flexibility index (Phi) is 7.41. The molecule has 0 aliphatic carbocycles. The van der Waals surface area contributed by atoms with E-state index in [0.717, 1.165) is 18.4 Å². The summed E-state index contributed by atoms with van der Waals surface area (Å²) in [5.41, 5.74) is 2.24. The van der Waals surface area contributed by atoms with Gasteiger partial charge in [0.15, 0.2) is 0 Å². The number of allylic oxidation sites excluding steroid dienone is 4. The van der Waals surface area contributed by atoms with Gasteiger partial charge >= 0.3 is 5.97 Å². The van der Waals surface area contributed by atoms with Crippen LogP contribution in [0.15, 0.2) is 54.1 Å². The Morgan fingerprint density at radius 1 is 1.30 bits per heavy atom. The van der Waals surface area contributed by atoms with Crippen molar-refractivity contribution in [3.63, 3.8) is 0 Å². The van der Waals surface area contributed by atoms with Crippen molar-refractivity contribution in [3.05, 3.63) is 59.7 Å². The molecule has 0 radical (unpaired) electrons. The predicted molar refractivity (Wildman–Crippen MR) is 83.5 cm³/mol. The number of ether oxygens (including phenoxy) is 1. The highest BCUT2D eigenvalue weighted by molar-refractivity contribution is 5.72. The van der Waals surface area contributed by atoms with Crippen molar-refractivity contribution in [1.82, 2.24) is 0 Å². The van der Waals surface area contributed by atoms with Crippen molar-refractivity contribution in [2.75, 3.05) is 0 Å². The number of esters is 1. The van der Waals surface area contributed by atoms with E-state index in [0.29, 0.717) is 6.42 Å². The van der Waals surface area contributed by atoms with Crippen LogP contribution in [0.1, 0.15) is 39.2 Å². The molecule has 1 atom stereocenters. The monoisotopic (exact) mass is 272 g/mol. The summed E-state index contributed by atoms with van der Waals surface area (Å²) < 4.78 is 5.40. The van der Waals surface area contributed by atoms with Crippen LogP contribution in [0.5, 0.6) is 0 Å². The fraction of sp³-hybridized carbons (Fsp3) is 0.389. The van der Waals surface area contributed by atoms with E-state index in [1.807, 2.05) is 44.2 Å². The minimum absolute atomic E-state index is 0.0400. The molecule has 1 rings (SSSR count). The highest BCUT2D eigenvalue weighted by Crippen LogP contribution is 2.07. The van der Waals surface area contributed by atoms with Gasteiger partial charge in [-0.25, -0.2) is 0 Å². The van der Waals surface area contributed by atoms with E-state index in [1.54, 1.807) is 0 Å². The molecule has 1 unspecified atom stereocenters. The first-order valence-electron chi connectivity index (χ1n) is 7.14. The minimum atomic E-state index is -0.155. The zero-order valence-electron chi connectivity index (χ0n) is 12.6. The minimum Gasteiger partial charge on any atom is -0.462 e. The van der Waals surface area contributed by atoms with Gasteiger partial charge in [-0.2, -0.15) is 0 Å².